The Bertz CT molecular complexity index is 626. The minimum absolute atomic E-state index is 0.0638. The van der Waals surface area contributed by atoms with Gasteiger partial charge in [0, 0.05) is 13.5 Å². The molecule has 128 valence electrons. The average molecular weight is 328 g/mol. The van der Waals surface area contributed by atoms with Crippen LogP contribution in [0.15, 0.2) is 0 Å². The van der Waals surface area contributed by atoms with Gasteiger partial charge in [0.25, 0.3) is 0 Å². The van der Waals surface area contributed by atoms with E-state index in [1.54, 1.807) is 6.92 Å². The molecule has 23 heavy (non-hydrogen) atoms. The molecule has 2 N–H and O–H groups in total. The van der Waals surface area contributed by atoms with Gasteiger partial charge in [0.15, 0.2) is 5.54 Å². The standard InChI is InChI=1S/C13H20N4O6/c1-8-11(17(21)22)9(2)16(15-8)6-5-10(18)14-13(3,7-23-4)12(19)20/h5-7H2,1-4H3,(H,14,18)(H,19,20). The Labute approximate surface area is 132 Å². The monoisotopic (exact) mass is 328 g/mol. The topological polar surface area (TPSA) is 137 Å². The number of ether oxygens (including phenoxy) is 1. The summed E-state index contributed by atoms with van der Waals surface area (Å²) in [6.45, 7) is 4.32. The molecule has 0 aliphatic heterocycles. The van der Waals surface area contributed by atoms with E-state index in [2.05, 4.69) is 10.4 Å². The zero-order chi connectivity index (χ0) is 17.8. The van der Waals surface area contributed by atoms with Crippen molar-refractivity contribution < 1.29 is 24.4 Å². The summed E-state index contributed by atoms with van der Waals surface area (Å²) in [4.78, 5) is 33.6. The van der Waals surface area contributed by atoms with E-state index in [4.69, 9.17) is 9.84 Å². The molecule has 0 aliphatic carbocycles. The lowest BCUT2D eigenvalue weighted by Crippen LogP contribution is -2.55. The fourth-order valence-electron chi connectivity index (χ4n) is 2.19. The number of hydrogen-bond acceptors (Lipinski definition) is 6. The first-order chi connectivity index (χ1) is 10.6. The van der Waals surface area contributed by atoms with Gasteiger partial charge >= 0.3 is 11.7 Å². The Balaban J connectivity index is 2.75. The van der Waals surface area contributed by atoms with Gasteiger partial charge in [-0.25, -0.2) is 4.79 Å². The fourth-order valence-corrected chi connectivity index (χ4v) is 2.19. The quantitative estimate of drug-likeness (QED) is 0.520. The molecule has 0 saturated heterocycles. The van der Waals surface area contributed by atoms with Crippen LogP contribution in [-0.4, -0.2) is 50.9 Å². The Kier molecular flexibility index (Phi) is 5.79. The number of aryl methyl sites for hydroxylation is 2. The number of carboxylic acid groups (broad SMARTS) is 1. The molecule has 1 atom stereocenters. The van der Waals surface area contributed by atoms with Gasteiger partial charge in [0.2, 0.25) is 5.91 Å². The van der Waals surface area contributed by atoms with E-state index in [9.17, 15) is 19.7 Å². The van der Waals surface area contributed by atoms with E-state index in [0.29, 0.717) is 5.69 Å². The van der Waals surface area contributed by atoms with Gasteiger partial charge in [-0.3, -0.25) is 19.6 Å². The summed E-state index contributed by atoms with van der Waals surface area (Å²) in [6, 6.07) is 0. The van der Waals surface area contributed by atoms with Crippen molar-refractivity contribution in [3.8, 4) is 0 Å². The van der Waals surface area contributed by atoms with Gasteiger partial charge < -0.3 is 15.2 Å². The molecule has 1 amide bonds. The lowest BCUT2D eigenvalue weighted by atomic mass is 10.0. The number of amides is 1. The highest BCUT2D eigenvalue weighted by Gasteiger charge is 2.35. The number of nitrogens with one attached hydrogen (secondary N) is 1. The van der Waals surface area contributed by atoms with Gasteiger partial charge in [0.1, 0.15) is 11.4 Å². The third-order valence-corrected chi connectivity index (χ3v) is 3.40. The third-order valence-electron chi connectivity index (χ3n) is 3.40. The predicted octanol–water partition coefficient (Wildman–Crippen LogP) is 0.404. The maximum absolute atomic E-state index is 11.9. The van der Waals surface area contributed by atoms with Crippen LogP contribution in [0.5, 0.6) is 0 Å². The summed E-state index contributed by atoms with van der Waals surface area (Å²) in [5, 5.41) is 26.5. The Morgan fingerprint density at radius 3 is 2.52 bits per heavy atom. The highest BCUT2D eigenvalue weighted by Crippen LogP contribution is 2.21. The molecule has 1 aromatic rings. The second-order valence-electron chi connectivity index (χ2n) is 5.37. The molecular formula is C13H20N4O6. The summed E-state index contributed by atoms with van der Waals surface area (Å²) >= 11 is 0. The molecule has 0 spiro atoms. The lowest BCUT2D eigenvalue weighted by Gasteiger charge is -2.25. The fraction of sp³-hybridized carbons (Fsp3) is 0.615. The SMILES string of the molecule is COCC(C)(NC(=O)CCn1nc(C)c([N+](=O)[O-])c1C)C(=O)O. The molecule has 0 radical (unpaired) electrons. The van der Waals surface area contributed by atoms with Crippen LogP contribution < -0.4 is 5.32 Å². The van der Waals surface area contributed by atoms with Gasteiger partial charge in [-0.15, -0.1) is 0 Å². The summed E-state index contributed by atoms with van der Waals surface area (Å²) in [6.07, 6.45) is -0.0638. The first-order valence-electron chi connectivity index (χ1n) is 6.84. The van der Waals surface area contributed by atoms with Crippen molar-refractivity contribution in [2.75, 3.05) is 13.7 Å². The molecule has 1 heterocycles. The highest BCUT2D eigenvalue weighted by molar-refractivity contribution is 5.86. The Morgan fingerprint density at radius 2 is 2.09 bits per heavy atom. The van der Waals surface area contributed by atoms with E-state index in [-0.39, 0.29) is 31.0 Å². The van der Waals surface area contributed by atoms with Crippen LogP contribution in [0.4, 0.5) is 5.69 Å². The number of methoxy groups -OCH3 is 1. The smallest absolute Gasteiger partial charge is 0.331 e. The van der Waals surface area contributed by atoms with Crippen LogP contribution in [-0.2, 0) is 20.9 Å². The second-order valence-corrected chi connectivity index (χ2v) is 5.37. The zero-order valence-electron chi connectivity index (χ0n) is 13.5. The van der Waals surface area contributed by atoms with Crippen molar-refractivity contribution in [3.05, 3.63) is 21.5 Å². The molecule has 1 aromatic heterocycles. The van der Waals surface area contributed by atoms with Crippen molar-refractivity contribution in [1.82, 2.24) is 15.1 Å². The van der Waals surface area contributed by atoms with Crippen molar-refractivity contribution in [2.24, 2.45) is 0 Å². The van der Waals surface area contributed by atoms with Crippen LogP contribution in [0, 0.1) is 24.0 Å². The summed E-state index contributed by atoms with van der Waals surface area (Å²) in [7, 11) is 1.34. The van der Waals surface area contributed by atoms with Gasteiger partial charge in [-0.2, -0.15) is 5.10 Å². The van der Waals surface area contributed by atoms with Crippen LogP contribution >= 0.6 is 0 Å². The van der Waals surface area contributed by atoms with E-state index in [1.165, 1.54) is 25.6 Å². The molecule has 0 bridgehead atoms. The van der Waals surface area contributed by atoms with Crippen molar-refractivity contribution in [1.29, 1.82) is 0 Å². The van der Waals surface area contributed by atoms with Gasteiger partial charge in [-0.1, -0.05) is 0 Å². The number of nitro groups is 1. The summed E-state index contributed by atoms with van der Waals surface area (Å²) in [5.74, 6) is -1.73. The first-order valence-corrected chi connectivity index (χ1v) is 6.84. The number of hydrogen-bond donors (Lipinski definition) is 2. The second kappa shape index (κ2) is 7.18. The predicted molar refractivity (Wildman–Crippen MR) is 79.0 cm³/mol. The highest BCUT2D eigenvalue weighted by atomic mass is 16.6. The maximum atomic E-state index is 11.9. The molecule has 0 saturated carbocycles. The molecule has 10 nitrogen and oxygen atoms in total. The average Bonchev–Trinajstić information content (AvgIpc) is 2.71. The Hall–Kier alpha value is -2.49. The zero-order valence-corrected chi connectivity index (χ0v) is 13.5. The number of aromatic nitrogens is 2. The van der Waals surface area contributed by atoms with Crippen LogP contribution in [0.25, 0.3) is 0 Å². The van der Waals surface area contributed by atoms with Crippen LogP contribution in [0.2, 0.25) is 0 Å². The molecule has 1 unspecified atom stereocenters. The first kappa shape index (κ1) is 18.6. The van der Waals surface area contributed by atoms with Gasteiger partial charge in [-0.05, 0) is 20.8 Å². The maximum Gasteiger partial charge on any atom is 0.331 e. The number of carbonyl (C=O) groups excluding carboxylic acids is 1. The molecular weight excluding hydrogens is 308 g/mol. The molecule has 1 rings (SSSR count). The summed E-state index contributed by atoms with van der Waals surface area (Å²) < 4.78 is 6.17. The van der Waals surface area contributed by atoms with Crippen LogP contribution in [0.3, 0.4) is 0 Å². The number of aliphatic carboxylic acids is 1. The van der Waals surface area contributed by atoms with E-state index in [1.807, 2.05) is 0 Å². The van der Waals surface area contributed by atoms with E-state index < -0.39 is 22.3 Å². The number of nitrogens with zero attached hydrogens (tertiary/aromatic N) is 3. The Morgan fingerprint density at radius 1 is 1.48 bits per heavy atom. The van der Waals surface area contributed by atoms with Crippen molar-refractivity contribution in [2.45, 2.75) is 39.3 Å². The largest absolute Gasteiger partial charge is 0.479 e. The van der Waals surface area contributed by atoms with Gasteiger partial charge in [0.05, 0.1) is 18.1 Å². The number of carbonyl (C=O) groups is 2. The summed E-state index contributed by atoms with van der Waals surface area (Å²) in [5.41, 5.74) is -1.01. The number of carboxylic acids is 1. The minimum Gasteiger partial charge on any atom is -0.479 e. The van der Waals surface area contributed by atoms with Crippen molar-refractivity contribution in [3.63, 3.8) is 0 Å². The molecule has 0 aromatic carbocycles. The number of rotatable bonds is 8. The minimum atomic E-state index is -1.53. The lowest BCUT2D eigenvalue weighted by molar-refractivity contribution is -0.386. The molecule has 10 heteroatoms. The molecule has 0 aliphatic rings. The van der Waals surface area contributed by atoms with Crippen molar-refractivity contribution >= 4 is 17.6 Å². The molecule has 0 fully saturated rings. The third kappa shape index (κ3) is 4.25. The normalized spacial score (nSPS) is 13.4. The van der Waals surface area contributed by atoms with E-state index >= 15 is 0 Å². The van der Waals surface area contributed by atoms with E-state index in [0.717, 1.165) is 0 Å². The van der Waals surface area contributed by atoms with Crippen LogP contribution in [0.1, 0.15) is 24.7 Å².